The highest BCUT2D eigenvalue weighted by molar-refractivity contribution is 6.37. The second kappa shape index (κ2) is 6.63. The molecule has 0 bridgehead atoms. The topological polar surface area (TPSA) is 21.3 Å². The van der Waals surface area contributed by atoms with Gasteiger partial charge in [0, 0.05) is 12.3 Å². The van der Waals surface area contributed by atoms with E-state index in [1.807, 2.05) is 7.05 Å². The zero-order chi connectivity index (χ0) is 8.65. The third-order valence-corrected chi connectivity index (χ3v) is 4.67. The van der Waals surface area contributed by atoms with E-state index in [4.69, 9.17) is 4.74 Å². The molecule has 1 N–H and O–H groups in total. The number of rotatable bonds is 5. The lowest BCUT2D eigenvalue weighted by molar-refractivity contribution is 0.0650. The summed E-state index contributed by atoms with van der Waals surface area (Å²) in [6.45, 7) is 2.21. The van der Waals surface area contributed by atoms with Gasteiger partial charge in [-0.25, -0.2) is 0 Å². The molecule has 0 aromatic heterocycles. The fourth-order valence-corrected chi connectivity index (χ4v) is 3.61. The summed E-state index contributed by atoms with van der Waals surface area (Å²) in [5, 5.41) is 3.19. The predicted molar refractivity (Wildman–Crippen MR) is 55.5 cm³/mol. The Bertz CT molecular complexity index is 105. The molecule has 2 nitrogen and oxygen atoms in total. The van der Waals surface area contributed by atoms with Gasteiger partial charge in [0.05, 0.1) is 9.52 Å². The van der Waals surface area contributed by atoms with Crippen LogP contribution in [0.1, 0.15) is 25.7 Å². The summed E-state index contributed by atoms with van der Waals surface area (Å²) in [6.07, 6.45) is 5.40. The van der Waals surface area contributed by atoms with Crippen LogP contribution in [0, 0.1) is 0 Å². The third-order valence-electron chi connectivity index (χ3n) is 2.48. The van der Waals surface area contributed by atoms with Crippen LogP contribution in [0.2, 0.25) is 6.04 Å². The van der Waals surface area contributed by atoms with Crippen molar-refractivity contribution in [3.05, 3.63) is 0 Å². The Balaban J connectivity index is 1.91. The van der Waals surface area contributed by atoms with Gasteiger partial charge in [0.2, 0.25) is 0 Å². The van der Waals surface area contributed by atoms with Crippen molar-refractivity contribution >= 4 is 9.52 Å². The minimum atomic E-state index is 0.0830. The molecule has 1 saturated heterocycles. The van der Waals surface area contributed by atoms with Crippen LogP contribution in [0.4, 0.5) is 0 Å². The quantitative estimate of drug-likeness (QED) is 0.505. The zero-order valence-corrected chi connectivity index (χ0v) is 9.56. The van der Waals surface area contributed by atoms with Crippen molar-refractivity contribution in [2.24, 2.45) is 0 Å². The van der Waals surface area contributed by atoms with Crippen LogP contribution in [-0.2, 0) is 4.74 Å². The second-order valence-corrected chi connectivity index (χ2v) is 5.78. The third kappa shape index (κ3) is 4.23. The minimum Gasteiger partial charge on any atom is -0.382 e. The van der Waals surface area contributed by atoms with Gasteiger partial charge in [-0.05, 0) is 39.3 Å². The Kier molecular flexibility index (Phi) is 5.65. The molecular weight excluding hydrogens is 166 g/mol. The van der Waals surface area contributed by atoms with E-state index in [1.165, 1.54) is 38.3 Å². The Morgan fingerprint density at radius 2 is 2.42 bits per heavy atom. The molecule has 0 aromatic rings. The van der Waals surface area contributed by atoms with E-state index in [2.05, 4.69) is 5.32 Å². The zero-order valence-electron chi connectivity index (χ0n) is 8.14. The van der Waals surface area contributed by atoms with Gasteiger partial charge >= 0.3 is 0 Å². The molecule has 1 rings (SSSR count). The monoisotopic (exact) mass is 187 g/mol. The van der Waals surface area contributed by atoms with Gasteiger partial charge in [0.25, 0.3) is 0 Å². The first kappa shape index (κ1) is 10.2. The van der Waals surface area contributed by atoms with Crippen LogP contribution in [-0.4, -0.2) is 35.4 Å². The maximum atomic E-state index is 5.70. The van der Waals surface area contributed by atoms with Crippen LogP contribution >= 0.6 is 0 Å². The van der Waals surface area contributed by atoms with Crippen molar-refractivity contribution in [1.29, 1.82) is 0 Å². The molecule has 1 heterocycles. The Morgan fingerprint density at radius 1 is 1.50 bits per heavy atom. The van der Waals surface area contributed by atoms with Gasteiger partial charge in [-0.2, -0.15) is 0 Å². The summed E-state index contributed by atoms with van der Waals surface area (Å²) >= 11 is 0. The Hall–Kier alpha value is 0.137. The minimum absolute atomic E-state index is 0.0830. The van der Waals surface area contributed by atoms with E-state index in [9.17, 15) is 0 Å². The van der Waals surface area contributed by atoms with Gasteiger partial charge in [0.1, 0.15) is 0 Å². The van der Waals surface area contributed by atoms with Crippen molar-refractivity contribution in [1.82, 2.24) is 5.32 Å². The van der Waals surface area contributed by atoms with Crippen molar-refractivity contribution < 1.29 is 4.74 Å². The normalized spacial score (nSPS) is 25.2. The van der Waals surface area contributed by atoms with Gasteiger partial charge < -0.3 is 10.1 Å². The molecule has 0 aliphatic carbocycles. The van der Waals surface area contributed by atoms with E-state index in [-0.39, 0.29) is 9.52 Å². The SMILES string of the molecule is CNCCC[SiH2]C1CCCCO1. The lowest BCUT2D eigenvalue weighted by Gasteiger charge is -2.21. The average Bonchev–Trinajstić information content (AvgIpc) is 2.14. The average molecular weight is 187 g/mol. The highest BCUT2D eigenvalue weighted by atomic mass is 28.2. The van der Waals surface area contributed by atoms with Crippen LogP contribution in [0.25, 0.3) is 0 Å². The molecule has 72 valence electrons. The standard InChI is InChI=1S/C9H21NOSi/c1-10-6-4-8-12-9-5-2-3-7-11-9/h9-10H,2-8,12H2,1H3. The van der Waals surface area contributed by atoms with Gasteiger partial charge in [-0.15, -0.1) is 0 Å². The largest absolute Gasteiger partial charge is 0.382 e. The van der Waals surface area contributed by atoms with E-state index in [1.54, 1.807) is 0 Å². The fraction of sp³-hybridized carbons (Fsp3) is 1.00. The van der Waals surface area contributed by atoms with Crippen LogP contribution in [0.3, 0.4) is 0 Å². The molecule has 1 atom stereocenters. The molecule has 1 fully saturated rings. The van der Waals surface area contributed by atoms with Crippen molar-refractivity contribution in [2.45, 2.75) is 37.5 Å². The summed E-state index contributed by atoms with van der Waals surface area (Å²) in [5.41, 5.74) is 0.718. The second-order valence-electron chi connectivity index (χ2n) is 3.59. The highest BCUT2D eigenvalue weighted by Crippen LogP contribution is 2.12. The number of hydrogen-bond acceptors (Lipinski definition) is 2. The summed E-state index contributed by atoms with van der Waals surface area (Å²) in [4.78, 5) is 0. The first-order valence-corrected chi connectivity index (χ1v) is 7.01. The summed E-state index contributed by atoms with van der Waals surface area (Å²) in [6, 6.07) is 1.45. The molecule has 1 aliphatic heterocycles. The lowest BCUT2D eigenvalue weighted by Crippen LogP contribution is -2.25. The number of hydrogen-bond donors (Lipinski definition) is 1. The highest BCUT2D eigenvalue weighted by Gasteiger charge is 2.12. The smallest absolute Gasteiger partial charge is 0.0556 e. The first-order chi connectivity index (χ1) is 5.93. The maximum Gasteiger partial charge on any atom is 0.0556 e. The van der Waals surface area contributed by atoms with E-state index < -0.39 is 0 Å². The predicted octanol–water partition coefficient (Wildman–Crippen LogP) is 0.710. The van der Waals surface area contributed by atoms with E-state index in [0.717, 1.165) is 12.3 Å². The molecular formula is C9H21NOSi. The molecule has 0 spiro atoms. The Morgan fingerprint density at radius 3 is 3.08 bits per heavy atom. The van der Waals surface area contributed by atoms with Crippen LogP contribution in [0.5, 0.6) is 0 Å². The first-order valence-electron chi connectivity index (χ1n) is 5.19. The number of ether oxygens (including phenoxy) is 1. The molecule has 3 heteroatoms. The summed E-state index contributed by atoms with van der Waals surface area (Å²) in [5.74, 6) is 0. The van der Waals surface area contributed by atoms with Crippen molar-refractivity contribution in [3.8, 4) is 0 Å². The van der Waals surface area contributed by atoms with E-state index in [0.29, 0.717) is 0 Å². The molecule has 0 saturated carbocycles. The lowest BCUT2D eigenvalue weighted by atomic mass is 10.2. The Labute approximate surface area is 77.9 Å². The molecule has 0 aromatic carbocycles. The molecule has 0 radical (unpaired) electrons. The summed E-state index contributed by atoms with van der Waals surface area (Å²) in [7, 11) is 2.11. The van der Waals surface area contributed by atoms with Crippen molar-refractivity contribution in [3.63, 3.8) is 0 Å². The summed E-state index contributed by atoms with van der Waals surface area (Å²) < 4.78 is 5.70. The molecule has 12 heavy (non-hydrogen) atoms. The maximum absolute atomic E-state index is 5.70. The van der Waals surface area contributed by atoms with Crippen LogP contribution in [0.15, 0.2) is 0 Å². The van der Waals surface area contributed by atoms with Crippen molar-refractivity contribution in [2.75, 3.05) is 20.2 Å². The van der Waals surface area contributed by atoms with Crippen LogP contribution < -0.4 is 5.32 Å². The van der Waals surface area contributed by atoms with Gasteiger partial charge in [-0.1, -0.05) is 6.04 Å². The van der Waals surface area contributed by atoms with Gasteiger partial charge in [-0.3, -0.25) is 0 Å². The van der Waals surface area contributed by atoms with Gasteiger partial charge in [0.15, 0.2) is 0 Å². The fourth-order valence-electron chi connectivity index (χ4n) is 1.71. The number of nitrogens with one attached hydrogen (secondary N) is 1. The molecule has 0 amide bonds. The van der Waals surface area contributed by atoms with E-state index >= 15 is 0 Å². The molecule has 1 aliphatic rings. The molecule has 1 unspecified atom stereocenters.